The summed E-state index contributed by atoms with van der Waals surface area (Å²) in [6.07, 6.45) is 7.32. The zero-order chi connectivity index (χ0) is 21.3. The van der Waals surface area contributed by atoms with Gasteiger partial charge in [0.2, 0.25) is 0 Å². The molecule has 0 radical (unpaired) electrons. The van der Waals surface area contributed by atoms with Gasteiger partial charge in [0.1, 0.15) is 0 Å². The third kappa shape index (κ3) is 4.08. The fourth-order valence-electron chi connectivity index (χ4n) is 4.18. The Morgan fingerprint density at radius 2 is 1.57 bits per heavy atom. The van der Waals surface area contributed by atoms with Crippen molar-refractivity contribution in [3.8, 4) is 0 Å². The third-order valence-corrected chi connectivity index (χ3v) is 7.95. The van der Waals surface area contributed by atoms with Crippen molar-refractivity contribution in [1.82, 2.24) is 28.3 Å². The summed E-state index contributed by atoms with van der Waals surface area (Å²) < 4.78 is 30.9. The Balaban J connectivity index is 1.42. The maximum atomic E-state index is 13.0. The van der Waals surface area contributed by atoms with Gasteiger partial charge >= 0.3 is 0 Å². The molecule has 0 unspecified atom stereocenters. The normalized spacial score (nSPS) is 20.0. The number of piperazine rings is 1. The van der Waals surface area contributed by atoms with E-state index in [1.165, 1.54) is 4.31 Å². The molecule has 2 aliphatic rings. The zero-order valence-electron chi connectivity index (χ0n) is 17.7. The van der Waals surface area contributed by atoms with Crippen LogP contribution in [0.1, 0.15) is 55.9 Å². The Morgan fingerprint density at radius 1 is 0.933 bits per heavy atom. The van der Waals surface area contributed by atoms with Crippen molar-refractivity contribution in [3.63, 3.8) is 0 Å². The van der Waals surface area contributed by atoms with Crippen LogP contribution in [0.15, 0.2) is 18.5 Å². The first-order valence-corrected chi connectivity index (χ1v) is 12.2. The summed E-state index contributed by atoms with van der Waals surface area (Å²) >= 11 is 0. The molecule has 0 aromatic carbocycles. The van der Waals surface area contributed by atoms with Crippen LogP contribution in [0, 0.1) is 0 Å². The number of nitrogens with zero attached hydrogens (tertiary/aromatic N) is 6. The van der Waals surface area contributed by atoms with Crippen LogP contribution in [0.5, 0.6) is 0 Å². The first-order valence-electron chi connectivity index (χ1n) is 10.8. The Bertz CT molecular complexity index is 1000. The number of aromatic nitrogens is 3. The van der Waals surface area contributed by atoms with Crippen LogP contribution in [-0.4, -0.2) is 81.9 Å². The van der Waals surface area contributed by atoms with Gasteiger partial charge in [-0.2, -0.15) is 22.1 Å². The molecule has 0 N–H and O–H groups in total. The van der Waals surface area contributed by atoms with Crippen molar-refractivity contribution < 1.29 is 13.2 Å². The molecule has 164 valence electrons. The number of hydrogen-bond donors (Lipinski definition) is 0. The molecule has 9 nitrogen and oxygen atoms in total. The topological polar surface area (TPSA) is 91.6 Å². The van der Waals surface area contributed by atoms with Crippen molar-refractivity contribution in [2.24, 2.45) is 0 Å². The maximum Gasteiger partial charge on any atom is 0.282 e. The molecule has 4 rings (SSSR count). The van der Waals surface area contributed by atoms with E-state index in [1.54, 1.807) is 21.6 Å². The van der Waals surface area contributed by atoms with Crippen LogP contribution in [0.2, 0.25) is 0 Å². The quantitative estimate of drug-likeness (QED) is 0.733. The second kappa shape index (κ2) is 8.60. The highest BCUT2D eigenvalue weighted by molar-refractivity contribution is 7.86. The van der Waals surface area contributed by atoms with Gasteiger partial charge in [-0.05, 0) is 32.8 Å². The van der Waals surface area contributed by atoms with Crippen LogP contribution in [0.4, 0.5) is 0 Å². The van der Waals surface area contributed by atoms with Gasteiger partial charge in [0.25, 0.3) is 16.1 Å². The summed E-state index contributed by atoms with van der Waals surface area (Å²) in [5.74, 6) is -0.117. The Morgan fingerprint density at radius 3 is 2.20 bits per heavy atom. The molecular weight excluding hydrogens is 404 g/mol. The molecular formula is C20H30N6O3S. The molecule has 0 atom stereocenters. The standard InChI is InChI=1S/C20H30N6O3S/c1-16(2)26-19-17(15-22-26)13-18(14-21-19)20(27)23-9-11-25(12-10-23)30(28,29)24-7-5-3-4-6-8-24/h13-16H,3-12H2,1-2H3. The Labute approximate surface area is 177 Å². The summed E-state index contributed by atoms with van der Waals surface area (Å²) in [6.45, 7) is 6.68. The van der Waals surface area contributed by atoms with Crippen LogP contribution in [-0.2, 0) is 10.2 Å². The molecule has 2 fully saturated rings. The molecule has 1 amide bonds. The lowest BCUT2D eigenvalue weighted by Gasteiger charge is -2.36. The summed E-state index contributed by atoms with van der Waals surface area (Å²) in [4.78, 5) is 19.1. The molecule has 2 aliphatic heterocycles. The Hall–Kier alpha value is -2.04. The van der Waals surface area contributed by atoms with Crippen LogP contribution in [0.3, 0.4) is 0 Å². The van der Waals surface area contributed by atoms with Gasteiger partial charge in [0.15, 0.2) is 5.65 Å². The average Bonchev–Trinajstić information content (AvgIpc) is 2.97. The third-order valence-electron chi connectivity index (χ3n) is 5.91. The minimum Gasteiger partial charge on any atom is -0.336 e. The number of hydrogen-bond acceptors (Lipinski definition) is 5. The van der Waals surface area contributed by atoms with E-state index in [1.807, 2.05) is 24.6 Å². The van der Waals surface area contributed by atoms with E-state index >= 15 is 0 Å². The molecule has 2 aromatic rings. The predicted octanol–water partition coefficient (Wildman–Crippen LogP) is 1.89. The van der Waals surface area contributed by atoms with Crippen molar-refractivity contribution in [2.45, 2.75) is 45.6 Å². The molecule has 0 saturated carbocycles. The van der Waals surface area contributed by atoms with Crippen molar-refractivity contribution in [2.75, 3.05) is 39.3 Å². The number of carbonyl (C=O) groups is 1. The zero-order valence-corrected chi connectivity index (χ0v) is 18.5. The van der Waals surface area contributed by atoms with Gasteiger partial charge in [-0.15, -0.1) is 0 Å². The number of fused-ring (bicyclic) bond motifs is 1. The highest BCUT2D eigenvalue weighted by Gasteiger charge is 2.33. The first kappa shape index (κ1) is 21.2. The number of rotatable bonds is 4. The Kier molecular flexibility index (Phi) is 6.08. The molecule has 0 spiro atoms. The molecule has 2 saturated heterocycles. The molecule has 0 aliphatic carbocycles. The smallest absolute Gasteiger partial charge is 0.282 e. The van der Waals surface area contributed by atoms with Crippen molar-refractivity contribution >= 4 is 27.1 Å². The summed E-state index contributed by atoms with van der Waals surface area (Å²) in [5, 5.41) is 5.18. The molecule has 0 bridgehead atoms. The fourth-order valence-corrected chi connectivity index (χ4v) is 5.85. The number of pyridine rings is 1. The lowest BCUT2D eigenvalue weighted by molar-refractivity contribution is 0.0694. The highest BCUT2D eigenvalue weighted by Crippen LogP contribution is 2.20. The van der Waals surface area contributed by atoms with Gasteiger partial charge in [-0.25, -0.2) is 9.67 Å². The summed E-state index contributed by atoms with van der Waals surface area (Å²) in [7, 11) is -3.45. The molecule has 2 aromatic heterocycles. The van der Waals surface area contributed by atoms with E-state index < -0.39 is 10.2 Å². The van der Waals surface area contributed by atoms with Gasteiger partial charge in [-0.1, -0.05) is 12.8 Å². The van der Waals surface area contributed by atoms with Gasteiger partial charge in [0.05, 0.1) is 11.8 Å². The maximum absolute atomic E-state index is 13.0. The monoisotopic (exact) mass is 434 g/mol. The fraction of sp³-hybridized carbons (Fsp3) is 0.650. The molecule has 4 heterocycles. The lowest BCUT2D eigenvalue weighted by atomic mass is 10.2. The molecule has 10 heteroatoms. The van der Waals surface area contributed by atoms with E-state index in [0.29, 0.717) is 44.8 Å². The van der Waals surface area contributed by atoms with Crippen molar-refractivity contribution in [3.05, 3.63) is 24.0 Å². The SMILES string of the molecule is CC(C)n1ncc2cc(C(=O)N3CCN(S(=O)(=O)N4CCCCCC4)CC3)cnc21. The number of amides is 1. The summed E-state index contributed by atoms with van der Waals surface area (Å²) in [5.41, 5.74) is 1.27. The van der Waals surface area contributed by atoms with Gasteiger partial charge in [-0.3, -0.25) is 4.79 Å². The van der Waals surface area contributed by atoms with Crippen LogP contribution < -0.4 is 0 Å². The predicted molar refractivity (Wildman–Crippen MR) is 114 cm³/mol. The minimum absolute atomic E-state index is 0.117. The van der Waals surface area contributed by atoms with Gasteiger partial charge in [0, 0.05) is 56.9 Å². The second-order valence-corrected chi connectivity index (χ2v) is 10.3. The molecule has 30 heavy (non-hydrogen) atoms. The van der Waals surface area contributed by atoms with Gasteiger partial charge < -0.3 is 4.90 Å². The van der Waals surface area contributed by atoms with E-state index in [2.05, 4.69) is 10.1 Å². The largest absolute Gasteiger partial charge is 0.336 e. The average molecular weight is 435 g/mol. The van der Waals surface area contributed by atoms with Crippen LogP contribution in [0.25, 0.3) is 11.0 Å². The van der Waals surface area contributed by atoms with Crippen molar-refractivity contribution in [1.29, 1.82) is 0 Å². The highest BCUT2D eigenvalue weighted by atomic mass is 32.2. The second-order valence-electron chi connectivity index (χ2n) is 8.33. The first-order chi connectivity index (χ1) is 14.4. The van der Waals surface area contributed by atoms with E-state index in [0.717, 1.165) is 36.7 Å². The van der Waals surface area contributed by atoms with E-state index in [4.69, 9.17) is 0 Å². The van der Waals surface area contributed by atoms with E-state index in [9.17, 15) is 13.2 Å². The lowest BCUT2D eigenvalue weighted by Crippen LogP contribution is -2.54. The minimum atomic E-state index is -3.45. The summed E-state index contributed by atoms with van der Waals surface area (Å²) in [6, 6.07) is 2.01. The van der Waals surface area contributed by atoms with Crippen LogP contribution >= 0.6 is 0 Å². The number of carbonyl (C=O) groups excluding carboxylic acids is 1. The van der Waals surface area contributed by atoms with E-state index in [-0.39, 0.29) is 11.9 Å².